The number of benzene rings is 1. The lowest BCUT2D eigenvalue weighted by molar-refractivity contribution is 0.438. The fourth-order valence-electron chi connectivity index (χ4n) is 0.630. The van der Waals surface area contributed by atoms with E-state index in [-0.39, 0.29) is 0 Å². The van der Waals surface area contributed by atoms with Crippen LogP contribution >= 0.6 is 45.2 Å². The number of para-hydroxylation sites is 1. The molecule has 0 aliphatic heterocycles. The lowest BCUT2D eigenvalue weighted by atomic mass is 10.3. The van der Waals surface area contributed by atoms with Crippen LogP contribution in [-0.2, 0) is 11.4 Å². The molecule has 0 bridgehead atoms. The van der Waals surface area contributed by atoms with Gasteiger partial charge in [-0.2, -0.15) is 0 Å². The van der Waals surface area contributed by atoms with Gasteiger partial charge in [-0.25, -0.2) is 4.21 Å². The van der Waals surface area contributed by atoms with Gasteiger partial charge in [-0.1, -0.05) is 6.07 Å². The van der Waals surface area contributed by atoms with Crippen LogP contribution in [0.15, 0.2) is 18.2 Å². The van der Waals surface area contributed by atoms with Crippen molar-refractivity contribution in [3.63, 3.8) is 0 Å². The lowest BCUT2D eigenvalue weighted by Gasteiger charge is -2.10. The zero-order valence-corrected chi connectivity index (χ0v) is 10.8. The van der Waals surface area contributed by atoms with Crippen molar-refractivity contribution in [3.05, 3.63) is 25.3 Å². The van der Waals surface area contributed by atoms with E-state index in [1.807, 2.05) is 51.2 Å². The maximum absolute atomic E-state index is 10.2. The second kappa shape index (κ2) is 4.72. The van der Waals surface area contributed by atoms with Gasteiger partial charge in [-0.15, -0.1) is 0 Å². The molecule has 1 aromatic carbocycles. The van der Waals surface area contributed by atoms with E-state index < -0.39 is 11.4 Å². The van der Waals surface area contributed by atoms with Gasteiger partial charge in [-0.3, -0.25) is 0 Å². The summed E-state index contributed by atoms with van der Waals surface area (Å²) in [6.45, 7) is 0. The van der Waals surface area contributed by atoms with Crippen LogP contribution in [0.4, 0.5) is 0 Å². The molecule has 0 aliphatic rings. The molecule has 3 nitrogen and oxygen atoms in total. The molecule has 0 saturated carbocycles. The van der Waals surface area contributed by atoms with Crippen molar-refractivity contribution in [3.8, 4) is 5.75 Å². The second-order valence-electron chi connectivity index (χ2n) is 1.84. The van der Waals surface area contributed by atoms with E-state index in [1.165, 1.54) is 0 Å². The maximum Gasteiger partial charge on any atom is 0.165 e. The summed E-state index contributed by atoms with van der Waals surface area (Å²) in [7, 11) is 0. The molecule has 0 N–H and O–H groups in total. The highest BCUT2D eigenvalue weighted by Gasteiger charge is 2.05. The highest BCUT2D eigenvalue weighted by atomic mass is 127. The van der Waals surface area contributed by atoms with Crippen LogP contribution in [-0.4, -0.2) is 8.76 Å². The zero-order valence-electron chi connectivity index (χ0n) is 5.62. The van der Waals surface area contributed by atoms with Gasteiger partial charge in [0, 0.05) is 0 Å². The summed E-state index contributed by atoms with van der Waals surface area (Å²) >= 11 is 1.54. The Morgan fingerprint density at radius 2 is 1.83 bits per heavy atom. The predicted octanol–water partition coefficient (Wildman–Crippen LogP) is 2.07. The van der Waals surface area contributed by atoms with Gasteiger partial charge in [0.25, 0.3) is 0 Å². The van der Waals surface area contributed by atoms with Crippen molar-refractivity contribution in [2.45, 2.75) is 0 Å². The third-order valence-electron chi connectivity index (χ3n) is 1.07. The zero-order chi connectivity index (χ0) is 9.14. The third kappa shape index (κ3) is 2.82. The molecule has 0 spiro atoms. The van der Waals surface area contributed by atoms with Gasteiger partial charge in [-0.05, 0) is 57.3 Å². The van der Waals surface area contributed by atoms with Gasteiger partial charge in [0.15, 0.2) is 5.75 Å². The van der Waals surface area contributed by atoms with Crippen molar-refractivity contribution >= 4 is 56.5 Å². The molecular weight excluding hydrogens is 406 g/mol. The molecule has 12 heavy (non-hydrogen) atoms. The highest BCUT2D eigenvalue weighted by Crippen LogP contribution is 2.27. The predicted molar refractivity (Wildman–Crippen MR) is 61.4 cm³/mol. The summed E-state index contributed by atoms with van der Waals surface area (Å²) in [4.78, 5) is 0. The summed E-state index contributed by atoms with van der Waals surface area (Å²) in [5.74, 6) is 0.395. The average molecular weight is 409 g/mol. The standard InChI is InChI=1S/C6H4I2O3S/c7-4-2-1-3-5(8)6(4)11-12(9)10/h1-3H,(H,9,10)/p-1. The molecule has 1 rings (SSSR count). The Labute approximate surface area is 99.7 Å². The lowest BCUT2D eigenvalue weighted by Crippen LogP contribution is -2.00. The quantitative estimate of drug-likeness (QED) is 0.556. The monoisotopic (exact) mass is 409 g/mol. The average Bonchev–Trinajstić information content (AvgIpc) is 1.97. The Balaban J connectivity index is 3.04. The van der Waals surface area contributed by atoms with Crippen LogP contribution in [0.25, 0.3) is 0 Å². The minimum absolute atomic E-state index is 0.395. The molecule has 0 aromatic heterocycles. The topological polar surface area (TPSA) is 49.4 Å². The summed E-state index contributed by atoms with van der Waals surface area (Å²) in [5, 5.41) is 0. The summed E-state index contributed by atoms with van der Waals surface area (Å²) in [6.07, 6.45) is 0. The normalized spacial score (nSPS) is 12.6. The van der Waals surface area contributed by atoms with Crippen molar-refractivity contribution in [2.75, 3.05) is 0 Å². The Bertz CT molecular complexity index is 295. The molecule has 1 atom stereocenters. The molecule has 0 aliphatic carbocycles. The first-order valence-electron chi connectivity index (χ1n) is 2.83. The van der Waals surface area contributed by atoms with Crippen LogP contribution in [0.2, 0.25) is 0 Å². The van der Waals surface area contributed by atoms with Crippen LogP contribution < -0.4 is 4.18 Å². The van der Waals surface area contributed by atoms with Gasteiger partial charge in [0.05, 0.1) is 7.14 Å². The molecular formula is C6H3I2O3S-. The molecule has 6 heteroatoms. The van der Waals surface area contributed by atoms with E-state index >= 15 is 0 Å². The van der Waals surface area contributed by atoms with Gasteiger partial charge >= 0.3 is 0 Å². The first kappa shape index (κ1) is 10.7. The van der Waals surface area contributed by atoms with Gasteiger partial charge in [0.1, 0.15) is 11.4 Å². The van der Waals surface area contributed by atoms with Crippen LogP contribution in [0.5, 0.6) is 5.75 Å². The van der Waals surface area contributed by atoms with Crippen molar-refractivity contribution < 1.29 is 12.9 Å². The minimum Gasteiger partial charge on any atom is -0.740 e. The summed E-state index contributed by atoms with van der Waals surface area (Å²) in [6, 6.07) is 5.40. The minimum atomic E-state index is -2.50. The van der Waals surface area contributed by atoms with E-state index in [0.29, 0.717) is 5.75 Å². The smallest absolute Gasteiger partial charge is 0.165 e. The van der Waals surface area contributed by atoms with E-state index in [0.717, 1.165) is 7.14 Å². The molecule has 0 amide bonds. The second-order valence-corrected chi connectivity index (χ2v) is 4.74. The van der Waals surface area contributed by atoms with Crippen LogP contribution in [0.3, 0.4) is 0 Å². The van der Waals surface area contributed by atoms with Crippen molar-refractivity contribution in [1.82, 2.24) is 0 Å². The molecule has 0 radical (unpaired) electrons. The van der Waals surface area contributed by atoms with Gasteiger partial charge < -0.3 is 8.74 Å². The third-order valence-corrected chi connectivity index (χ3v) is 3.07. The van der Waals surface area contributed by atoms with Crippen molar-refractivity contribution in [1.29, 1.82) is 0 Å². The number of halogens is 2. The van der Waals surface area contributed by atoms with Crippen LogP contribution in [0, 0.1) is 7.14 Å². The molecule has 1 aromatic rings. The van der Waals surface area contributed by atoms with E-state index in [9.17, 15) is 8.76 Å². The van der Waals surface area contributed by atoms with Crippen LogP contribution in [0.1, 0.15) is 0 Å². The Hall–Kier alpha value is 0.590. The Morgan fingerprint density at radius 1 is 1.33 bits per heavy atom. The van der Waals surface area contributed by atoms with E-state index in [2.05, 4.69) is 4.18 Å². The van der Waals surface area contributed by atoms with Gasteiger partial charge in [0.2, 0.25) is 0 Å². The molecule has 0 fully saturated rings. The summed E-state index contributed by atoms with van der Waals surface area (Å²) < 4.78 is 26.6. The maximum atomic E-state index is 10.2. The first-order valence-corrected chi connectivity index (χ1v) is 5.98. The number of hydrogen-bond donors (Lipinski definition) is 0. The molecule has 1 unspecified atom stereocenters. The summed E-state index contributed by atoms with van der Waals surface area (Å²) in [5.41, 5.74) is 0. The Kier molecular flexibility index (Phi) is 4.20. The molecule has 0 heterocycles. The first-order chi connectivity index (χ1) is 5.61. The number of hydrogen-bond acceptors (Lipinski definition) is 3. The number of rotatable bonds is 2. The van der Waals surface area contributed by atoms with Crippen molar-refractivity contribution in [2.24, 2.45) is 0 Å². The van der Waals surface area contributed by atoms with E-state index in [4.69, 9.17) is 0 Å². The fourth-order valence-corrected chi connectivity index (χ4v) is 2.98. The Morgan fingerprint density at radius 3 is 2.25 bits per heavy atom. The van der Waals surface area contributed by atoms with E-state index in [1.54, 1.807) is 12.1 Å². The fraction of sp³-hybridized carbons (Fsp3) is 0. The SMILES string of the molecule is O=S([O-])Oc1c(I)cccc1I. The molecule has 66 valence electrons. The largest absolute Gasteiger partial charge is 0.740 e. The molecule has 0 saturated heterocycles. The highest BCUT2D eigenvalue weighted by molar-refractivity contribution is 14.1.